The van der Waals surface area contributed by atoms with Crippen LogP contribution < -0.4 is 10.5 Å². The average molecular weight is 288 g/mol. The Labute approximate surface area is 124 Å². The van der Waals surface area contributed by atoms with Crippen molar-refractivity contribution < 1.29 is 4.74 Å². The third-order valence-electron chi connectivity index (χ3n) is 2.80. The highest BCUT2D eigenvalue weighted by Gasteiger charge is 2.09. The number of nitrogen functional groups attached to an aromatic ring is 1. The van der Waals surface area contributed by atoms with E-state index in [1.54, 1.807) is 11.3 Å². The summed E-state index contributed by atoms with van der Waals surface area (Å²) < 4.78 is 5.59. The zero-order valence-corrected chi connectivity index (χ0v) is 13.0. The van der Waals surface area contributed by atoms with E-state index in [0.29, 0.717) is 24.0 Å². The van der Waals surface area contributed by atoms with Crippen LogP contribution in [0.3, 0.4) is 0 Å². The summed E-state index contributed by atoms with van der Waals surface area (Å²) >= 11 is 1.68. The first kappa shape index (κ1) is 14.6. The van der Waals surface area contributed by atoms with Gasteiger partial charge in [0.1, 0.15) is 12.4 Å². The summed E-state index contributed by atoms with van der Waals surface area (Å²) in [4.78, 5) is 4.63. The molecular formula is C16H20N2OS. The SMILES string of the molecule is C=C(C)COc1ccc(-c2csc(C(C)C)n2)cc1N. The molecule has 0 fully saturated rings. The van der Waals surface area contributed by atoms with Gasteiger partial charge in [0.15, 0.2) is 0 Å². The molecule has 0 aliphatic carbocycles. The molecule has 0 amide bonds. The van der Waals surface area contributed by atoms with Gasteiger partial charge >= 0.3 is 0 Å². The van der Waals surface area contributed by atoms with Crippen molar-refractivity contribution in [1.82, 2.24) is 4.98 Å². The predicted molar refractivity (Wildman–Crippen MR) is 86.4 cm³/mol. The van der Waals surface area contributed by atoms with Crippen molar-refractivity contribution in [1.29, 1.82) is 0 Å². The van der Waals surface area contributed by atoms with E-state index in [1.807, 2.05) is 25.1 Å². The lowest BCUT2D eigenvalue weighted by atomic mass is 10.1. The van der Waals surface area contributed by atoms with Gasteiger partial charge in [0.25, 0.3) is 0 Å². The smallest absolute Gasteiger partial charge is 0.142 e. The molecule has 2 aromatic rings. The van der Waals surface area contributed by atoms with Gasteiger partial charge in [-0.15, -0.1) is 11.3 Å². The summed E-state index contributed by atoms with van der Waals surface area (Å²) in [6, 6.07) is 5.79. The minimum Gasteiger partial charge on any atom is -0.487 e. The van der Waals surface area contributed by atoms with Crippen molar-refractivity contribution in [3.05, 3.63) is 40.7 Å². The molecule has 3 nitrogen and oxygen atoms in total. The van der Waals surface area contributed by atoms with E-state index in [0.717, 1.165) is 21.8 Å². The molecule has 0 unspecified atom stereocenters. The minimum absolute atomic E-state index is 0.448. The number of anilines is 1. The van der Waals surface area contributed by atoms with Crippen LogP contribution in [0.15, 0.2) is 35.7 Å². The van der Waals surface area contributed by atoms with E-state index in [-0.39, 0.29) is 0 Å². The van der Waals surface area contributed by atoms with Crippen molar-refractivity contribution in [3.8, 4) is 17.0 Å². The fourth-order valence-electron chi connectivity index (χ4n) is 1.73. The Morgan fingerprint density at radius 2 is 2.20 bits per heavy atom. The molecule has 1 aromatic heterocycles. The standard InChI is InChI=1S/C16H20N2OS/c1-10(2)8-19-15-6-5-12(7-13(15)17)14-9-20-16(18-14)11(3)4/h5-7,9,11H,1,8,17H2,2-4H3. The van der Waals surface area contributed by atoms with E-state index >= 15 is 0 Å². The van der Waals surface area contributed by atoms with Crippen LogP contribution in [0.4, 0.5) is 5.69 Å². The summed E-state index contributed by atoms with van der Waals surface area (Å²) in [5, 5.41) is 3.21. The summed E-state index contributed by atoms with van der Waals surface area (Å²) in [7, 11) is 0. The first-order valence-electron chi connectivity index (χ1n) is 6.60. The minimum atomic E-state index is 0.448. The van der Waals surface area contributed by atoms with Crippen LogP contribution in [0, 0.1) is 0 Å². The van der Waals surface area contributed by atoms with Gasteiger partial charge in [-0.05, 0) is 30.7 Å². The Hall–Kier alpha value is -1.81. The number of ether oxygens (including phenoxy) is 1. The number of nitrogens with two attached hydrogens (primary N) is 1. The summed E-state index contributed by atoms with van der Waals surface area (Å²) in [5.74, 6) is 1.14. The monoisotopic (exact) mass is 288 g/mol. The molecule has 4 heteroatoms. The maximum Gasteiger partial charge on any atom is 0.142 e. The number of thiazole rings is 1. The lowest BCUT2D eigenvalue weighted by Crippen LogP contribution is -2.00. The second-order valence-corrected chi connectivity index (χ2v) is 6.11. The number of rotatable bonds is 5. The molecule has 0 radical (unpaired) electrons. The molecule has 0 saturated carbocycles. The summed E-state index contributed by atoms with van der Waals surface area (Å²) in [5.41, 5.74) is 9.62. The van der Waals surface area contributed by atoms with Gasteiger partial charge in [-0.1, -0.05) is 20.4 Å². The van der Waals surface area contributed by atoms with Crippen LogP contribution in [0.25, 0.3) is 11.3 Å². The Balaban J connectivity index is 2.21. The quantitative estimate of drug-likeness (QED) is 0.652. The second-order valence-electron chi connectivity index (χ2n) is 5.22. The number of benzene rings is 1. The van der Waals surface area contributed by atoms with Gasteiger partial charge < -0.3 is 10.5 Å². The number of aromatic nitrogens is 1. The maximum absolute atomic E-state index is 6.03. The van der Waals surface area contributed by atoms with Crippen molar-refractivity contribution in [2.45, 2.75) is 26.7 Å². The van der Waals surface area contributed by atoms with Crippen LogP contribution in [0.1, 0.15) is 31.7 Å². The zero-order chi connectivity index (χ0) is 14.7. The van der Waals surface area contributed by atoms with Gasteiger partial charge in [-0.25, -0.2) is 4.98 Å². The maximum atomic E-state index is 6.03. The highest BCUT2D eigenvalue weighted by Crippen LogP contribution is 2.31. The Kier molecular flexibility index (Phi) is 4.45. The topological polar surface area (TPSA) is 48.1 Å². The zero-order valence-electron chi connectivity index (χ0n) is 12.1. The van der Waals surface area contributed by atoms with Gasteiger partial charge in [0.2, 0.25) is 0 Å². The van der Waals surface area contributed by atoms with E-state index in [1.165, 1.54) is 0 Å². The third-order valence-corrected chi connectivity index (χ3v) is 3.94. The highest BCUT2D eigenvalue weighted by molar-refractivity contribution is 7.10. The fourth-order valence-corrected chi connectivity index (χ4v) is 2.57. The summed E-state index contributed by atoms with van der Waals surface area (Å²) in [6.45, 7) is 10.5. The van der Waals surface area contributed by atoms with Crippen LogP contribution in [-0.4, -0.2) is 11.6 Å². The Morgan fingerprint density at radius 1 is 1.45 bits per heavy atom. The molecule has 0 aliphatic heterocycles. The van der Waals surface area contributed by atoms with Gasteiger partial charge in [-0.3, -0.25) is 0 Å². The normalized spacial score (nSPS) is 10.8. The molecule has 1 heterocycles. The van der Waals surface area contributed by atoms with Crippen LogP contribution in [0.5, 0.6) is 5.75 Å². The molecule has 2 rings (SSSR count). The van der Waals surface area contributed by atoms with Crippen molar-refractivity contribution in [2.75, 3.05) is 12.3 Å². The van der Waals surface area contributed by atoms with Gasteiger partial charge in [-0.2, -0.15) is 0 Å². The molecule has 0 spiro atoms. The van der Waals surface area contributed by atoms with Crippen LogP contribution in [0.2, 0.25) is 0 Å². The molecule has 0 aliphatic rings. The predicted octanol–water partition coefficient (Wildman–Crippen LogP) is 4.47. The van der Waals surface area contributed by atoms with Crippen molar-refractivity contribution >= 4 is 17.0 Å². The molecule has 2 N–H and O–H groups in total. The van der Waals surface area contributed by atoms with Gasteiger partial charge in [0, 0.05) is 16.9 Å². The first-order chi connectivity index (χ1) is 9.47. The van der Waals surface area contributed by atoms with Crippen molar-refractivity contribution in [2.24, 2.45) is 0 Å². The molecule has 0 atom stereocenters. The van der Waals surface area contributed by atoms with E-state index in [4.69, 9.17) is 10.5 Å². The average Bonchev–Trinajstić information content (AvgIpc) is 2.86. The van der Waals surface area contributed by atoms with Crippen LogP contribution >= 0.6 is 11.3 Å². The largest absolute Gasteiger partial charge is 0.487 e. The lowest BCUT2D eigenvalue weighted by Gasteiger charge is -2.09. The van der Waals surface area contributed by atoms with E-state index in [2.05, 4.69) is 30.8 Å². The number of nitrogens with zero attached hydrogens (tertiary/aromatic N) is 1. The molecule has 1 aromatic carbocycles. The molecule has 20 heavy (non-hydrogen) atoms. The molecule has 0 saturated heterocycles. The molecule has 106 valence electrons. The van der Waals surface area contributed by atoms with E-state index < -0.39 is 0 Å². The molecule has 0 bridgehead atoms. The van der Waals surface area contributed by atoms with Gasteiger partial charge in [0.05, 0.1) is 16.4 Å². The lowest BCUT2D eigenvalue weighted by molar-refractivity contribution is 0.354. The van der Waals surface area contributed by atoms with E-state index in [9.17, 15) is 0 Å². The second kappa shape index (κ2) is 6.09. The first-order valence-corrected chi connectivity index (χ1v) is 7.48. The molecular weight excluding hydrogens is 268 g/mol. The Bertz CT molecular complexity index is 617. The third kappa shape index (κ3) is 3.39. The van der Waals surface area contributed by atoms with Crippen molar-refractivity contribution in [3.63, 3.8) is 0 Å². The highest BCUT2D eigenvalue weighted by atomic mass is 32.1. The number of hydrogen-bond acceptors (Lipinski definition) is 4. The van der Waals surface area contributed by atoms with Crippen LogP contribution in [-0.2, 0) is 0 Å². The summed E-state index contributed by atoms with van der Waals surface area (Å²) in [6.07, 6.45) is 0. The number of hydrogen-bond donors (Lipinski definition) is 1. The fraction of sp³-hybridized carbons (Fsp3) is 0.312. The Morgan fingerprint density at radius 3 is 2.75 bits per heavy atom.